The summed E-state index contributed by atoms with van der Waals surface area (Å²) in [6, 6.07) is 15.4. The van der Waals surface area contributed by atoms with Gasteiger partial charge in [0.1, 0.15) is 6.10 Å². The molecule has 5 nitrogen and oxygen atoms in total. The molecular weight excluding hydrogens is 328 g/mol. The second kappa shape index (κ2) is 8.13. The maximum absolute atomic E-state index is 12.9. The van der Waals surface area contributed by atoms with Crippen LogP contribution in [0.4, 0.5) is 5.69 Å². The maximum Gasteiger partial charge on any atom is 0.255 e. The van der Waals surface area contributed by atoms with Crippen LogP contribution in [0, 0.1) is 0 Å². The Hall–Kier alpha value is -2.69. The summed E-state index contributed by atoms with van der Waals surface area (Å²) in [6.07, 6.45) is 1.72. The van der Waals surface area contributed by atoms with E-state index in [2.05, 4.69) is 0 Å². The minimum absolute atomic E-state index is 0.0880. The molecule has 1 fully saturated rings. The molecule has 1 saturated heterocycles. The molecule has 2 aromatic carbocycles. The number of nitrogens with zero attached hydrogens (tertiary/aromatic N) is 2. The summed E-state index contributed by atoms with van der Waals surface area (Å²) in [5.74, 6) is 1.59. The Morgan fingerprint density at radius 3 is 2.27 bits per heavy atom. The van der Waals surface area contributed by atoms with Gasteiger partial charge in [0.25, 0.3) is 5.91 Å². The number of anilines is 1. The van der Waals surface area contributed by atoms with Gasteiger partial charge >= 0.3 is 0 Å². The molecule has 2 aromatic rings. The molecule has 1 aliphatic rings. The average Bonchev–Trinajstić information content (AvgIpc) is 2.68. The molecule has 0 aliphatic carbocycles. The number of hydrogen-bond donors (Lipinski definition) is 0. The standard InChI is InChI=1S/C21H26N2O3/c1-22(2)18-9-5-4-8-17(18)21(24)23-14-12-16(13-15-23)26-20-11-7-6-10-19(20)25-3/h4-11,16H,12-15H2,1-3H3. The van der Waals surface area contributed by atoms with Crippen LogP contribution >= 0.6 is 0 Å². The molecule has 1 amide bonds. The minimum atomic E-state index is 0.0880. The van der Waals surface area contributed by atoms with Crippen LogP contribution in [0.15, 0.2) is 48.5 Å². The Morgan fingerprint density at radius 2 is 1.62 bits per heavy atom. The van der Waals surface area contributed by atoms with E-state index in [-0.39, 0.29) is 12.0 Å². The first-order valence-electron chi connectivity index (χ1n) is 8.95. The lowest BCUT2D eigenvalue weighted by atomic mass is 10.0. The van der Waals surface area contributed by atoms with Gasteiger partial charge in [-0.05, 0) is 24.3 Å². The van der Waals surface area contributed by atoms with Crippen molar-refractivity contribution in [1.82, 2.24) is 4.90 Å². The Bertz CT molecular complexity index is 752. The van der Waals surface area contributed by atoms with E-state index in [1.165, 1.54) is 0 Å². The van der Waals surface area contributed by atoms with Crippen molar-refractivity contribution in [3.63, 3.8) is 0 Å². The number of methoxy groups -OCH3 is 1. The van der Waals surface area contributed by atoms with Gasteiger partial charge in [-0.1, -0.05) is 24.3 Å². The molecule has 0 aromatic heterocycles. The van der Waals surface area contributed by atoms with Crippen molar-refractivity contribution in [3.05, 3.63) is 54.1 Å². The van der Waals surface area contributed by atoms with Gasteiger partial charge in [0.2, 0.25) is 0 Å². The zero-order valence-electron chi connectivity index (χ0n) is 15.6. The number of rotatable bonds is 5. The molecular formula is C21H26N2O3. The van der Waals surface area contributed by atoms with Gasteiger partial charge in [0.05, 0.1) is 12.7 Å². The third-order valence-corrected chi connectivity index (χ3v) is 4.71. The number of hydrogen-bond acceptors (Lipinski definition) is 4. The lowest BCUT2D eigenvalue weighted by Gasteiger charge is -2.33. The van der Waals surface area contributed by atoms with E-state index in [4.69, 9.17) is 9.47 Å². The molecule has 0 radical (unpaired) electrons. The molecule has 5 heteroatoms. The largest absolute Gasteiger partial charge is 0.493 e. The summed E-state index contributed by atoms with van der Waals surface area (Å²) in [7, 11) is 5.56. The zero-order valence-corrected chi connectivity index (χ0v) is 15.6. The Kier molecular flexibility index (Phi) is 5.66. The summed E-state index contributed by atoms with van der Waals surface area (Å²) in [4.78, 5) is 16.8. The summed E-state index contributed by atoms with van der Waals surface area (Å²) >= 11 is 0. The molecule has 138 valence electrons. The van der Waals surface area contributed by atoms with E-state index in [1.54, 1.807) is 7.11 Å². The summed E-state index contributed by atoms with van der Waals surface area (Å²) in [5.41, 5.74) is 1.70. The minimum Gasteiger partial charge on any atom is -0.493 e. The van der Waals surface area contributed by atoms with Gasteiger partial charge in [-0.2, -0.15) is 0 Å². The molecule has 1 aliphatic heterocycles. The van der Waals surface area contributed by atoms with E-state index < -0.39 is 0 Å². The predicted octanol–water partition coefficient (Wildman–Crippen LogP) is 3.44. The molecule has 1 heterocycles. The van der Waals surface area contributed by atoms with Crippen molar-refractivity contribution in [2.75, 3.05) is 39.2 Å². The van der Waals surface area contributed by atoms with Gasteiger partial charge in [0, 0.05) is 45.7 Å². The average molecular weight is 354 g/mol. The lowest BCUT2D eigenvalue weighted by molar-refractivity contribution is 0.0591. The van der Waals surface area contributed by atoms with E-state index >= 15 is 0 Å². The number of para-hydroxylation sites is 3. The zero-order chi connectivity index (χ0) is 18.5. The summed E-state index contributed by atoms with van der Waals surface area (Å²) < 4.78 is 11.4. The molecule has 26 heavy (non-hydrogen) atoms. The molecule has 0 saturated carbocycles. The summed E-state index contributed by atoms with van der Waals surface area (Å²) in [6.45, 7) is 1.39. The number of carbonyl (C=O) groups excluding carboxylic acids is 1. The van der Waals surface area contributed by atoms with Crippen LogP contribution in [0.25, 0.3) is 0 Å². The highest BCUT2D eigenvalue weighted by Crippen LogP contribution is 2.29. The molecule has 0 N–H and O–H groups in total. The fraction of sp³-hybridized carbons (Fsp3) is 0.381. The molecule has 0 bridgehead atoms. The number of amides is 1. The molecule has 0 atom stereocenters. The smallest absolute Gasteiger partial charge is 0.255 e. The van der Waals surface area contributed by atoms with E-state index in [0.29, 0.717) is 13.1 Å². The molecule has 3 rings (SSSR count). The number of likely N-dealkylation sites (tertiary alicyclic amines) is 1. The number of piperidine rings is 1. The normalized spacial score (nSPS) is 14.8. The fourth-order valence-corrected chi connectivity index (χ4v) is 3.29. The second-order valence-electron chi connectivity index (χ2n) is 6.67. The van der Waals surface area contributed by atoms with Crippen LogP contribution in [-0.2, 0) is 0 Å². The highest BCUT2D eigenvalue weighted by molar-refractivity contribution is 5.99. The summed E-state index contributed by atoms with van der Waals surface area (Å²) in [5, 5.41) is 0. The maximum atomic E-state index is 12.9. The quantitative estimate of drug-likeness (QED) is 0.825. The Morgan fingerprint density at radius 1 is 1.00 bits per heavy atom. The number of carbonyl (C=O) groups is 1. The highest BCUT2D eigenvalue weighted by atomic mass is 16.5. The van der Waals surface area contributed by atoms with Crippen molar-refractivity contribution in [1.29, 1.82) is 0 Å². The highest BCUT2D eigenvalue weighted by Gasteiger charge is 2.26. The fourth-order valence-electron chi connectivity index (χ4n) is 3.29. The van der Waals surface area contributed by atoms with E-state index in [0.717, 1.165) is 35.6 Å². The Labute approximate surface area is 155 Å². The van der Waals surface area contributed by atoms with Crippen molar-refractivity contribution < 1.29 is 14.3 Å². The predicted molar refractivity (Wildman–Crippen MR) is 103 cm³/mol. The SMILES string of the molecule is COc1ccccc1OC1CCN(C(=O)c2ccccc2N(C)C)CC1. The topological polar surface area (TPSA) is 42.0 Å². The van der Waals surface area contributed by atoms with Crippen LogP contribution < -0.4 is 14.4 Å². The van der Waals surface area contributed by atoms with E-state index in [9.17, 15) is 4.79 Å². The van der Waals surface area contributed by atoms with Crippen molar-refractivity contribution in [3.8, 4) is 11.5 Å². The van der Waals surface area contributed by atoms with Crippen LogP contribution in [0.3, 0.4) is 0 Å². The second-order valence-corrected chi connectivity index (χ2v) is 6.67. The monoisotopic (exact) mass is 354 g/mol. The third kappa shape index (κ3) is 3.93. The van der Waals surface area contributed by atoms with Crippen LogP contribution in [0.2, 0.25) is 0 Å². The van der Waals surface area contributed by atoms with Gasteiger partial charge in [-0.3, -0.25) is 4.79 Å². The van der Waals surface area contributed by atoms with Crippen LogP contribution in [0.5, 0.6) is 11.5 Å². The van der Waals surface area contributed by atoms with Crippen molar-refractivity contribution in [2.45, 2.75) is 18.9 Å². The van der Waals surface area contributed by atoms with Crippen molar-refractivity contribution in [2.24, 2.45) is 0 Å². The third-order valence-electron chi connectivity index (χ3n) is 4.71. The van der Waals surface area contributed by atoms with Gasteiger partial charge < -0.3 is 19.3 Å². The van der Waals surface area contributed by atoms with E-state index in [1.807, 2.05) is 72.4 Å². The first kappa shape index (κ1) is 18.1. The molecule has 0 spiro atoms. The van der Waals surface area contributed by atoms with Gasteiger partial charge in [0.15, 0.2) is 11.5 Å². The molecule has 0 unspecified atom stereocenters. The Balaban J connectivity index is 1.63. The lowest BCUT2D eigenvalue weighted by Crippen LogP contribution is -2.42. The van der Waals surface area contributed by atoms with Gasteiger partial charge in [-0.25, -0.2) is 0 Å². The number of ether oxygens (including phenoxy) is 2. The number of benzene rings is 2. The first-order chi connectivity index (χ1) is 12.6. The first-order valence-corrected chi connectivity index (χ1v) is 8.95. The van der Waals surface area contributed by atoms with Crippen LogP contribution in [0.1, 0.15) is 23.2 Å². The van der Waals surface area contributed by atoms with Crippen molar-refractivity contribution >= 4 is 11.6 Å². The van der Waals surface area contributed by atoms with Gasteiger partial charge in [-0.15, -0.1) is 0 Å². The van der Waals surface area contributed by atoms with Crippen LogP contribution in [-0.4, -0.2) is 51.2 Å².